The van der Waals surface area contributed by atoms with E-state index in [9.17, 15) is 18.0 Å². The number of hydrogen-bond acceptors (Lipinski definition) is 4. The molecule has 0 heterocycles. The summed E-state index contributed by atoms with van der Waals surface area (Å²) in [5, 5.41) is 0. The third-order valence-electron chi connectivity index (χ3n) is 2.47. The number of carbonyl (C=O) groups excluding carboxylic acids is 1. The van der Waals surface area contributed by atoms with Gasteiger partial charge in [0.25, 0.3) is 0 Å². The van der Waals surface area contributed by atoms with Gasteiger partial charge in [-0.05, 0) is 39.3 Å². The Hall–Kier alpha value is -1.92. The summed E-state index contributed by atoms with van der Waals surface area (Å²) in [6, 6.07) is 3.03. The number of hydrogen-bond donors (Lipinski definition) is 1. The Balaban J connectivity index is 2.49. The second-order valence-corrected chi connectivity index (χ2v) is 5.83. The van der Waals surface area contributed by atoms with E-state index in [1.165, 1.54) is 6.07 Å². The van der Waals surface area contributed by atoms with Crippen molar-refractivity contribution in [3.8, 4) is 5.75 Å². The van der Waals surface area contributed by atoms with E-state index in [1.807, 2.05) is 0 Å². The molecule has 0 aliphatic carbocycles. The van der Waals surface area contributed by atoms with Gasteiger partial charge in [0.2, 0.25) is 0 Å². The molecule has 0 atom stereocenters. The molecule has 0 saturated heterocycles. The number of alkyl halides is 3. The molecule has 0 fully saturated rings. The highest BCUT2D eigenvalue weighted by atomic mass is 19.4. The Morgan fingerprint density at radius 1 is 1.18 bits per heavy atom. The SMILES string of the molecule is CC(C)(C)OC(=O)CCCOc1cc(N)cc(C(F)(F)F)c1. The van der Waals surface area contributed by atoms with Gasteiger partial charge in [0.05, 0.1) is 12.2 Å². The van der Waals surface area contributed by atoms with Gasteiger partial charge in [-0.2, -0.15) is 13.2 Å². The summed E-state index contributed by atoms with van der Waals surface area (Å²) in [5.74, 6) is -0.351. The highest BCUT2D eigenvalue weighted by Gasteiger charge is 2.31. The molecule has 1 aromatic carbocycles. The molecule has 1 aromatic rings. The first kappa shape index (κ1) is 18.1. The predicted molar refractivity (Wildman–Crippen MR) is 76.4 cm³/mol. The molecular formula is C15H20F3NO3. The van der Waals surface area contributed by atoms with Crippen molar-refractivity contribution in [2.24, 2.45) is 0 Å². The van der Waals surface area contributed by atoms with Crippen molar-refractivity contribution < 1.29 is 27.4 Å². The summed E-state index contributed by atoms with van der Waals surface area (Å²) in [6.45, 7) is 5.37. The van der Waals surface area contributed by atoms with Crippen LogP contribution in [0.4, 0.5) is 18.9 Å². The van der Waals surface area contributed by atoms with Gasteiger partial charge in [0, 0.05) is 18.2 Å². The van der Waals surface area contributed by atoms with Crippen LogP contribution >= 0.6 is 0 Å². The van der Waals surface area contributed by atoms with Crippen LogP contribution in [0, 0.1) is 0 Å². The standard InChI is InChI=1S/C15H20F3NO3/c1-14(2,3)22-13(20)5-4-6-21-12-8-10(15(16,17)18)7-11(19)9-12/h7-9H,4-6,19H2,1-3H3. The monoisotopic (exact) mass is 319 g/mol. The molecule has 4 nitrogen and oxygen atoms in total. The summed E-state index contributed by atoms with van der Waals surface area (Å²) in [7, 11) is 0. The first-order valence-electron chi connectivity index (χ1n) is 6.80. The van der Waals surface area contributed by atoms with Gasteiger partial charge in [-0.1, -0.05) is 0 Å². The van der Waals surface area contributed by atoms with Gasteiger partial charge in [-0.15, -0.1) is 0 Å². The number of carbonyl (C=O) groups is 1. The van der Waals surface area contributed by atoms with E-state index in [1.54, 1.807) is 20.8 Å². The summed E-state index contributed by atoms with van der Waals surface area (Å²) in [6.07, 6.45) is -4.01. The van der Waals surface area contributed by atoms with Gasteiger partial charge < -0.3 is 15.2 Å². The Kier molecular flexibility index (Phi) is 5.68. The summed E-state index contributed by atoms with van der Waals surface area (Å²) in [4.78, 5) is 11.5. The summed E-state index contributed by atoms with van der Waals surface area (Å²) < 4.78 is 48.2. The van der Waals surface area contributed by atoms with Crippen LogP contribution in [-0.4, -0.2) is 18.2 Å². The fourth-order valence-corrected chi connectivity index (χ4v) is 1.67. The fourth-order valence-electron chi connectivity index (χ4n) is 1.67. The zero-order valence-electron chi connectivity index (χ0n) is 12.8. The molecule has 0 aliphatic rings. The lowest BCUT2D eigenvalue weighted by molar-refractivity contribution is -0.155. The zero-order chi connectivity index (χ0) is 17.0. The molecule has 0 unspecified atom stereocenters. The first-order chi connectivity index (χ1) is 9.97. The number of esters is 1. The zero-order valence-corrected chi connectivity index (χ0v) is 12.8. The Bertz CT molecular complexity index is 522. The van der Waals surface area contributed by atoms with Crippen molar-refractivity contribution in [3.63, 3.8) is 0 Å². The van der Waals surface area contributed by atoms with Crippen molar-refractivity contribution in [2.45, 2.75) is 45.4 Å². The van der Waals surface area contributed by atoms with Crippen LogP contribution < -0.4 is 10.5 Å². The minimum Gasteiger partial charge on any atom is -0.493 e. The number of nitrogens with two attached hydrogens (primary N) is 1. The maximum absolute atomic E-state index is 12.6. The molecule has 2 N–H and O–H groups in total. The normalized spacial score (nSPS) is 12.1. The molecule has 0 amide bonds. The molecule has 0 aromatic heterocycles. The second kappa shape index (κ2) is 6.89. The minimum absolute atomic E-state index is 0.0245. The van der Waals surface area contributed by atoms with E-state index >= 15 is 0 Å². The van der Waals surface area contributed by atoms with Gasteiger partial charge in [0.1, 0.15) is 11.4 Å². The number of benzene rings is 1. The average molecular weight is 319 g/mol. The Morgan fingerprint density at radius 2 is 1.82 bits per heavy atom. The molecule has 0 radical (unpaired) electrons. The van der Waals surface area contributed by atoms with Crippen molar-refractivity contribution in [1.82, 2.24) is 0 Å². The van der Waals surface area contributed by atoms with Crippen molar-refractivity contribution in [3.05, 3.63) is 23.8 Å². The summed E-state index contributed by atoms with van der Waals surface area (Å²) >= 11 is 0. The number of rotatable bonds is 5. The van der Waals surface area contributed by atoms with E-state index in [0.29, 0.717) is 6.42 Å². The van der Waals surface area contributed by atoms with Gasteiger partial charge in [0.15, 0.2) is 0 Å². The van der Waals surface area contributed by atoms with Crippen LogP contribution in [0.25, 0.3) is 0 Å². The topological polar surface area (TPSA) is 61.5 Å². The van der Waals surface area contributed by atoms with Gasteiger partial charge >= 0.3 is 12.1 Å². The lowest BCUT2D eigenvalue weighted by Gasteiger charge is -2.19. The lowest BCUT2D eigenvalue weighted by atomic mass is 10.2. The molecule has 22 heavy (non-hydrogen) atoms. The largest absolute Gasteiger partial charge is 0.493 e. The number of ether oxygens (including phenoxy) is 2. The third kappa shape index (κ3) is 6.69. The van der Waals surface area contributed by atoms with E-state index in [2.05, 4.69) is 0 Å². The third-order valence-corrected chi connectivity index (χ3v) is 2.47. The first-order valence-corrected chi connectivity index (χ1v) is 6.80. The molecule has 0 saturated carbocycles. The van der Waals surface area contributed by atoms with Crippen molar-refractivity contribution in [1.29, 1.82) is 0 Å². The fraction of sp³-hybridized carbons (Fsp3) is 0.533. The highest BCUT2D eigenvalue weighted by Crippen LogP contribution is 2.33. The van der Waals surface area contributed by atoms with Crippen LogP contribution in [0.2, 0.25) is 0 Å². The Morgan fingerprint density at radius 3 is 2.36 bits per heavy atom. The predicted octanol–water partition coefficient (Wildman–Crippen LogP) is 3.79. The highest BCUT2D eigenvalue weighted by molar-refractivity contribution is 5.69. The lowest BCUT2D eigenvalue weighted by Crippen LogP contribution is -2.23. The number of halogens is 3. The number of anilines is 1. The molecule has 0 spiro atoms. The minimum atomic E-state index is -4.48. The van der Waals surface area contributed by atoms with Crippen molar-refractivity contribution in [2.75, 3.05) is 12.3 Å². The van der Waals surface area contributed by atoms with Gasteiger partial charge in [-0.3, -0.25) is 4.79 Å². The van der Waals surface area contributed by atoms with Crippen molar-refractivity contribution >= 4 is 11.7 Å². The smallest absolute Gasteiger partial charge is 0.416 e. The number of nitrogen functional groups attached to an aromatic ring is 1. The van der Waals surface area contributed by atoms with E-state index < -0.39 is 17.3 Å². The van der Waals surface area contributed by atoms with E-state index in [-0.39, 0.29) is 30.4 Å². The van der Waals surface area contributed by atoms with Crippen LogP contribution in [0.1, 0.15) is 39.2 Å². The molecule has 0 bridgehead atoms. The average Bonchev–Trinajstić information content (AvgIpc) is 2.30. The van der Waals surface area contributed by atoms with Crippen LogP contribution in [0.5, 0.6) is 5.75 Å². The molecular weight excluding hydrogens is 299 g/mol. The molecule has 0 aliphatic heterocycles. The molecule has 7 heteroatoms. The second-order valence-electron chi connectivity index (χ2n) is 5.83. The Labute approximate surface area is 127 Å². The maximum atomic E-state index is 12.6. The molecule has 1 rings (SSSR count). The van der Waals surface area contributed by atoms with Crippen LogP contribution in [-0.2, 0) is 15.7 Å². The van der Waals surface area contributed by atoms with Crippen LogP contribution in [0.15, 0.2) is 18.2 Å². The maximum Gasteiger partial charge on any atom is 0.416 e. The van der Waals surface area contributed by atoms with E-state index in [4.69, 9.17) is 15.2 Å². The molecule has 124 valence electrons. The van der Waals surface area contributed by atoms with E-state index in [0.717, 1.165) is 12.1 Å². The quantitative estimate of drug-likeness (QED) is 0.509. The van der Waals surface area contributed by atoms with Crippen LogP contribution in [0.3, 0.4) is 0 Å². The van der Waals surface area contributed by atoms with Gasteiger partial charge in [-0.25, -0.2) is 0 Å². The summed E-state index contributed by atoms with van der Waals surface area (Å²) in [5.41, 5.74) is 3.97.